The predicted octanol–water partition coefficient (Wildman–Crippen LogP) is 0.466. The molecule has 3 nitrogen and oxygen atoms in total. The van der Waals surface area contributed by atoms with Crippen LogP contribution in [-0.2, 0) is 6.42 Å². The lowest BCUT2D eigenvalue weighted by atomic mass is 9.91. The zero-order chi connectivity index (χ0) is 11.6. The van der Waals surface area contributed by atoms with Crippen molar-refractivity contribution >= 4 is 7.69 Å². The van der Waals surface area contributed by atoms with Crippen molar-refractivity contribution in [2.75, 3.05) is 13.1 Å². The van der Waals surface area contributed by atoms with Crippen molar-refractivity contribution in [2.45, 2.75) is 19.3 Å². The Morgan fingerprint density at radius 2 is 1.69 bits per heavy atom. The second kappa shape index (κ2) is 8.33. The molecule has 1 aliphatic heterocycles. The maximum atomic E-state index is 7.12. The first-order valence-electron chi connectivity index (χ1n) is 5.83. The summed E-state index contributed by atoms with van der Waals surface area (Å²) in [5, 5.41) is 17.7. The van der Waals surface area contributed by atoms with Crippen LogP contribution in [0.5, 0.6) is 0 Å². The first kappa shape index (κ1) is 13.2. The van der Waals surface area contributed by atoms with E-state index in [1.54, 1.807) is 0 Å². The van der Waals surface area contributed by atoms with E-state index in [9.17, 15) is 0 Å². The second-order valence-electron chi connectivity index (χ2n) is 4.02. The molecule has 0 radical (unpaired) electrons. The van der Waals surface area contributed by atoms with E-state index in [1.165, 1.54) is 37.9 Å². The van der Waals surface area contributed by atoms with Crippen LogP contribution in [0.2, 0.25) is 0 Å². The molecular weight excluding hydrogens is 201 g/mol. The summed E-state index contributed by atoms with van der Waals surface area (Å²) in [6.07, 6.45) is 3.95. The van der Waals surface area contributed by atoms with Gasteiger partial charge in [-0.3, -0.25) is 0 Å². The highest BCUT2D eigenvalue weighted by Gasteiger charge is 2.12. The summed E-state index contributed by atoms with van der Waals surface area (Å²) in [7, 11) is -0.750. The monoisotopic (exact) mass is 221 g/mol. The molecular formula is C12H20BNO2. The van der Waals surface area contributed by atoms with Crippen LogP contribution in [0.15, 0.2) is 30.3 Å². The number of nitrogens with one attached hydrogen (secondary N) is 1. The van der Waals surface area contributed by atoms with Gasteiger partial charge in [0.2, 0.25) is 0 Å². The molecule has 0 bridgehead atoms. The molecule has 16 heavy (non-hydrogen) atoms. The smallest absolute Gasteiger partial charge is 0.430 e. The minimum Gasteiger partial charge on any atom is -0.430 e. The summed E-state index contributed by atoms with van der Waals surface area (Å²) >= 11 is 0. The van der Waals surface area contributed by atoms with Crippen LogP contribution in [0.25, 0.3) is 0 Å². The maximum absolute atomic E-state index is 7.12. The fraction of sp³-hybridized carbons (Fsp3) is 0.500. The van der Waals surface area contributed by atoms with Crippen molar-refractivity contribution in [3.8, 4) is 0 Å². The van der Waals surface area contributed by atoms with Crippen LogP contribution in [0.1, 0.15) is 18.4 Å². The molecule has 1 fully saturated rings. The number of rotatable bonds is 2. The van der Waals surface area contributed by atoms with E-state index >= 15 is 0 Å². The van der Waals surface area contributed by atoms with E-state index < -0.39 is 7.69 Å². The van der Waals surface area contributed by atoms with E-state index in [1.807, 2.05) is 0 Å². The average Bonchev–Trinajstić information content (AvgIpc) is 2.33. The van der Waals surface area contributed by atoms with Crippen LogP contribution in [0.4, 0.5) is 0 Å². The van der Waals surface area contributed by atoms with Gasteiger partial charge in [-0.2, -0.15) is 0 Å². The van der Waals surface area contributed by atoms with E-state index in [2.05, 4.69) is 35.6 Å². The van der Waals surface area contributed by atoms with Crippen LogP contribution in [0.3, 0.4) is 0 Å². The van der Waals surface area contributed by atoms with Crippen LogP contribution >= 0.6 is 0 Å². The maximum Gasteiger partial charge on any atom is 0.432 e. The molecule has 0 spiro atoms. The predicted molar refractivity (Wildman–Crippen MR) is 67.3 cm³/mol. The molecule has 4 heteroatoms. The molecule has 1 aromatic rings. The molecule has 88 valence electrons. The minimum absolute atomic E-state index is 0.750. The van der Waals surface area contributed by atoms with Gasteiger partial charge in [0.15, 0.2) is 0 Å². The topological polar surface area (TPSA) is 52.5 Å². The first-order valence-corrected chi connectivity index (χ1v) is 5.83. The number of hydrogen-bond donors (Lipinski definition) is 3. The summed E-state index contributed by atoms with van der Waals surface area (Å²) in [5.41, 5.74) is 1.49. The highest BCUT2D eigenvalue weighted by atomic mass is 16.4. The summed E-state index contributed by atoms with van der Waals surface area (Å²) in [6.45, 7) is 2.41. The molecule has 0 aliphatic carbocycles. The minimum atomic E-state index is -0.750. The fourth-order valence-electron chi connectivity index (χ4n) is 2.03. The SMILES string of the molecule is OBO.c1ccc(CC2CCNCC2)cc1. The number of hydrogen-bond acceptors (Lipinski definition) is 3. The van der Waals surface area contributed by atoms with Gasteiger partial charge in [0, 0.05) is 0 Å². The van der Waals surface area contributed by atoms with Crippen molar-refractivity contribution in [1.82, 2.24) is 5.32 Å². The van der Waals surface area contributed by atoms with Gasteiger partial charge in [-0.05, 0) is 43.8 Å². The van der Waals surface area contributed by atoms with Crippen molar-refractivity contribution in [3.63, 3.8) is 0 Å². The average molecular weight is 221 g/mol. The Bertz CT molecular complexity index is 263. The molecule has 2 rings (SSSR count). The number of benzene rings is 1. The van der Waals surface area contributed by atoms with Crippen molar-refractivity contribution in [1.29, 1.82) is 0 Å². The molecule has 1 saturated heterocycles. The van der Waals surface area contributed by atoms with Gasteiger partial charge in [-0.25, -0.2) is 0 Å². The highest BCUT2D eigenvalue weighted by molar-refractivity contribution is 6.13. The van der Waals surface area contributed by atoms with Gasteiger partial charge in [0.25, 0.3) is 0 Å². The van der Waals surface area contributed by atoms with Crippen LogP contribution in [0, 0.1) is 5.92 Å². The number of piperidine rings is 1. The Balaban J connectivity index is 0.000000386. The molecule has 0 unspecified atom stereocenters. The Morgan fingerprint density at radius 3 is 2.25 bits per heavy atom. The molecule has 0 atom stereocenters. The lowest BCUT2D eigenvalue weighted by Gasteiger charge is -2.22. The lowest BCUT2D eigenvalue weighted by molar-refractivity contribution is 0.372. The van der Waals surface area contributed by atoms with Crippen LogP contribution in [-0.4, -0.2) is 30.8 Å². The summed E-state index contributed by atoms with van der Waals surface area (Å²) in [6, 6.07) is 10.8. The molecule has 1 aromatic carbocycles. The largest absolute Gasteiger partial charge is 0.432 e. The van der Waals surface area contributed by atoms with E-state index in [0.29, 0.717) is 0 Å². The van der Waals surface area contributed by atoms with E-state index in [4.69, 9.17) is 10.0 Å². The standard InChI is InChI=1S/C12H17N.BH3O2/c1-2-4-11(5-3-1)10-12-6-8-13-9-7-12;2-1-3/h1-5,12-13H,6-10H2;1-3H. The highest BCUT2D eigenvalue weighted by Crippen LogP contribution is 2.17. The van der Waals surface area contributed by atoms with Crippen molar-refractivity contribution in [2.24, 2.45) is 5.92 Å². The molecule has 1 heterocycles. The third-order valence-corrected chi connectivity index (χ3v) is 2.83. The van der Waals surface area contributed by atoms with Gasteiger partial charge in [-0.15, -0.1) is 0 Å². The summed E-state index contributed by atoms with van der Waals surface area (Å²) < 4.78 is 0. The quantitative estimate of drug-likeness (QED) is 0.636. The zero-order valence-electron chi connectivity index (χ0n) is 9.60. The van der Waals surface area contributed by atoms with Gasteiger partial charge in [0.1, 0.15) is 0 Å². The summed E-state index contributed by atoms with van der Waals surface area (Å²) in [4.78, 5) is 0. The third kappa shape index (κ3) is 5.30. The lowest BCUT2D eigenvalue weighted by Crippen LogP contribution is -2.28. The van der Waals surface area contributed by atoms with E-state index in [0.717, 1.165) is 5.92 Å². The van der Waals surface area contributed by atoms with E-state index in [-0.39, 0.29) is 0 Å². The Labute approximate surface area is 97.8 Å². The fourth-order valence-corrected chi connectivity index (χ4v) is 2.03. The van der Waals surface area contributed by atoms with Gasteiger partial charge in [-0.1, -0.05) is 30.3 Å². The summed E-state index contributed by atoms with van der Waals surface area (Å²) in [5.74, 6) is 0.906. The van der Waals surface area contributed by atoms with Gasteiger partial charge in [0.05, 0.1) is 0 Å². The van der Waals surface area contributed by atoms with Crippen molar-refractivity contribution < 1.29 is 10.0 Å². The molecule has 0 amide bonds. The van der Waals surface area contributed by atoms with Crippen molar-refractivity contribution in [3.05, 3.63) is 35.9 Å². The molecule has 0 aromatic heterocycles. The molecule has 0 saturated carbocycles. The zero-order valence-corrected chi connectivity index (χ0v) is 9.60. The van der Waals surface area contributed by atoms with Crippen LogP contribution < -0.4 is 5.32 Å². The Morgan fingerprint density at radius 1 is 1.12 bits per heavy atom. The normalized spacial score (nSPS) is 16.1. The molecule has 3 N–H and O–H groups in total. The third-order valence-electron chi connectivity index (χ3n) is 2.83. The Kier molecular flexibility index (Phi) is 6.89. The van der Waals surface area contributed by atoms with Gasteiger partial charge >= 0.3 is 7.69 Å². The van der Waals surface area contributed by atoms with Gasteiger partial charge < -0.3 is 15.4 Å². The Hall–Kier alpha value is -0.835. The second-order valence-corrected chi connectivity index (χ2v) is 4.02. The molecule has 1 aliphatic rings. The first-order chi connectivity index (χ1) is 7.86.